The van der Waals surface area contributed by atoms with E-state index in [1.54, 1.807) is 17.6 Å². The number of hydrogen-bond acceptors (Lipinski definition) is 5. The zero-order valence-corrected chi connectivity index (χ0v) is 15.5. The fraction of sp³-hybridized carbons (Fsp3) is 0.556. The summed E-state index contributed by atoms with van der Waals surface area (Å²) in [5, 5.41) is 7.81. The second-order valence-electron chi connectivity index (χ2n) is 6.01. The van der Waals surface area contributed by atoms with E-state index in [1.165, 1.54) is 4.88 Å². The SMILES string of the molecule is CCc1cnc(CN=C(NCCc2ccco2)NCC2CCCO2)s1. The number of guanidine groups is 1. The van der Waals surface area contributed by atoms with Crippen molar-refractivity contribution in [2.75, 3.05) is 19.7 Å². The maximum Gasteiger partial charge on any atom is 0.191 e. The van der Waals surface area contributed by atoms with Crippen LogP contribution in [0.2, 0.25) is 0 Å². The van der Waals surface area contributed by atoms with Crippen LogP contribution in [0.4, 0.5) is 0 Å². The molecule has 0 aliphatic carbocycles. The molecule has 2 aromatic heterocycles. The molecule has 6 nitrogen and oxygen atoms in total. The van der Waals surface area contributed by atoms with Crippen LogP contribution in [0.5, 0.6) is 0 Å². The summed E-state index contributed by atoms with van der Waals surface area (Å²) in [6.45, 7) is 5.15. The average Bonchev–Trinajstić information content (AvgIpc) is 3.39. The number of hydrogen-bond donors (Lipinski definition) is 2. The minimum atomic E-state index is 0.281. The number of nitrogens with one attached hydrogen (secondary N) is 2. The summed E-state index contributed by atoms with van der Waals surface area (Å²) in [5.41, 5.74) is 0. The lowest BCUT2D eigenvalue weighted by Gasteiger charge is -2.15. The van der Waals surface area contributed by atoms with E-state index in [0.717, 1.165) is 62.1 Å². The van der Waals surface area contributed by atoms with E-state index in [0.29, 0.717) is 6.54 Å². The van der Waals surface area contributed by atoms with E-state index in [4.69, 9.17) is 9.15 Å². The zero-order valence-electron chi connectivity index (χ0n) is 14.7. The largest absolute Gasteiger partial charge is 0.469 e. The Kier molecular flexibility index (Phi) is 6.88. The van der Waals surface area contributed by atoms with Crippen LogP contribution < -0.4 is 10.6 Å². The summed E-state index contributed by atoms with van der Waals surface area (Å²) in [6.07, 6.45) is 8.02. The summed E-state index contributed by atoms with van der Waals surface area (Å²) in [6, 6.07) is 3.90. The number of ether oxygens (including phenoxy) is 1. The third-order valence-electron chi connectivity index (χ3n) is 4.09. The molecule has 0 spiro atoms. The summed E-state index contributed by atoms with van der Waals surface area (Å²) in [5.74, 6) is 1.77. The zero-order chi connectivity index (χ0) is 17.3. The molecular weight excluding hydrogens is 336 g/mol. The molecule has 25 heavy (non-hydrogen) atoms. The molecule has 3 heterocycles. The highest BCUT2D eigenvalue weighted by molar-refractivity contribution is 7.11. The van der Waals surface area contributed by atoms with Crippen LogP contribution in [0.25, 0.3) is 0 Å². The Labute approximate surface area is 152 Å². The van der Waals surface area contributed by atoms with Crippen molar-refractivity contribution < 1.29 is 9.15 Å². The van der Waals surface area contributed by atoms with Gasteiger partial charge in [0, 0.05) is 37.2 Å². The highest BCUT2D eigenvalue weighted by atomic mass is 32.1. The van der Waals surface area contributed by atoms with Gasteiger partial charge in [0.15, 0.2) is 5.96 Å². The number of aromatic nitrogens is 1. The van der Waals surface area contributed by atoms with Crippen LogP contribution in [0.3, 0.4) is 0 Å². The Hall–Kier alpha value is -1.86. The molecule has 136 valence electrons. The van der Waals surface area contributed by atoms with E-state index >= 15 is 0 Å². The van der Waals surface area contributed by atoms with Crippen molar-refractivity contribution in [2.45, 2.75) is 45.3 Å². The standard InChI is InChI=1S/C18H26N4O2S/c1-2-16-12-20-17(25-16)13-22-18(21-11-15-6-4-10-24-15)19-8-7-14-5-3-9-23-14/h3,5,9,12,15H,2,4,6-8,10-11,13H2,1H3,(H2,19,21,22). The normalized spacial score (nSPS) is 17.8. The average molecular weight is 362 g/mol. The van der Waals surface area contributed by atoms with Gasteiger partial charge in [0.05, 0.1) is 18.9 Å². The minimum absolute atomic E-state index is 0.281. The highest BCUT2D eigenvalue weighted by Crippen LogP contribution is 2.14. The van der Waals surface area contributed by atoms with Gasteiger partial charge >= 0.3 is 0 Å². The van der Waals surface area contributed by atoms with Crippen molar-refractivity contribution in [3.05, 3.63) is 40.2 Å². The van der Waals surface area contributed by atoms with E-state index < -0.39 is 0 Å². The van der Waals surface area contributed by atoms with Crippen LogP contribution in [-0.4, -0.2) is 36.7 Å². The maximum atomic E-state index is 5.68. The maximum absolute atomic E-state index is 5.68. The van der Waals surface area contributed by atoms with Crippen LogP contribution in [0.1, 0.15) is 35.4 Å². The molecule has 0 radical (unpaired) electrons. The van der Waals surface area contributed by atoms with E-state index in [-0.39, 0.29) is 6.10 Å². The topological polar surface area (TPSA) is 71.7 Å². The first kappa shape index (κ1) is 17.9. The Bertz CT molecular complexity index is 648. The summed E-state index contributed by atoms with van der Waals surface area (Å²) >= 11 is 1.73. The highest BCUT2D eigenvalue weighted by Gasteiger charge is 2.15. The quantitative estimate of drug-likeness (QED) is 0.558. The molecule has 0 bridgehead atoms. The van der Waals surface area contributed by atoms with Gasteiger partial charge in [-0.3, -0.25) is 0 Å². The van der Waals surface area contributed by atoms with Crippen LogP contribution in [0, 0.1) is 0 Å². The third kappa shape index (κ3) is 5.86. The summed E-state index contributed by atoms with van der Waals surface area (Å²) < 4.78 is 11.0. The van der Waals surface area contributed by atoms with Crippen LogP contribution in [-0.2, 0) is 24.1 Å². The molecule has 0 amide bonds. The number of aryl methyl sites for hydroxylation is 1. The van der Waals surface area contributed by atoms with Gasteiger partial charge < -0.3 is 19.8 Å². The monoisotopic (exact) mass is 362 g/mol. The number of nitrogens with zero attached hydrogens (tertiary/aromatic N) is 2. The first-order valence-corrected chi connectivity index (χ1v) is 9.75. The number of thiazole rings is 1. The van der Waals surface area contributed by atoms with Gasteiger partial charge in [0.1, 0.15) is 10.8 Å². The lowest BCUT2D eigenvalue weighted by atomic mass is 10.2. The van der Waals surface area contributed by atoms with Crippen molar-refractivity contribution in [3.63, 3.8) is 0 Å². The molecule has 1 atom stereocenters. The van der Waals surface area contributed by atoms with E-state index in [9.17, 15) is 0 Å². The molecule has 2 N–H and O–H groups in total. The van der Waals surface area contributed by atoms with Gasteiger partial charge in [0.25, 0.3) is 0 Å². The Balaban J connectivity index is 1.52. The molecule has 1 aliphatic heterocycles. The fourth-order valence-corrected chi connectivity index (χ4v) is 3.47. The van der Waals surface area contributed by atoms with Gasteiger partial charge in [-0.15, -0.1) is 11.3 Å². The molecule has 7 heteroatoms. The smallest absolute Gasteiger partial charge is 0.191 e. The molecule has 1 saturated heterocycles. The molecule has 1 unspecified atom stereocenters. The summed E-state index contributed by atoms with van der Waals surface area (Å²) in [7, 11) is 0. The van der Waals surface area contributed by atoms with Crippen molar-refractivity contribution >= 4 is 17.3 Å². The predicted molar refractivity (Wildman–Crippen MR) is 100 cm³/mol. The molecule has 2 aromatic rings. The molecule has 0 aromatic carbocycles. The lowest BCUT2D eigenvalue weighted by molar-refractivity contribution is 0.114. The number of furan rings is 1. The number of aliphatic imine (C=N–C) groups is 1. The van der Waals surface area contributed by atoms with Crippen LogP contribution >= 0.6 is 11.3 Å². The molecule has 1 fully saturated rings. The number of rotatable bonds is 8. The first-order valence-electron chi connectivity index (χ1n) is 8.93. The molecule has 3 rings (SSSR count). The Morgan fingerprint density at radius 1 is 1.44 bits per heavy atom. The van der Waals surface area contributed by atoms with Gasteiger partial charge in [-0.25, -0.2) is 9.98 Å². The predicted octanol–water partition coefficient (Wildman–Crippen LogP) is 2.76. The van der Waals surface area contributed by atoms with Crippen molar-refractivity contribution in [1.82, 2.24) is 15.6 Å². The molecule has 1 aliphatic rings. The van der Waals surface area contributed by atoms with Gasteiger partial charge in [0.2, 0.25) is 0 Å². The third-order valence-corrected chi connectivity index (χ3v) is 5.21. The van der Waals surface area contributed by atoms with Gasteiger partial charge in [-0.05, 0) is 31.4 Å². The Morgan fingerprint density at radius 2 is 2.40 bits per heavy atom. The Morgan fingerprint density at radius 3 is 3.12 bits per heavy atom. The second kappa shape index (κ2) is 9.58. The van der Waals surface area contributed by atoms with Crippen molar-refractivity contribution in [3.8, 4) is 0 Å². The molecule has 0 saturated carbocycles. The fourth-order valence-electron chi connectivity index (χ4n) is 2.68. The minimum Gasteiger partial charge on any atom is -0.469 e. The van der Waals surface area contributed by atoms with Crippen LogP contribution in [0.15, 0.2) is 34.0 Å². The second-order valence-corrected chi connectivity index (χ2v) is 7.21. The lowest BCUT2D eigenvalue weighted by Crippen LogP contribution is -2.41. The van der Waals surface area contributed by atoms with Gasteiger partial charge in [-0.1, -0.05) is 6.92 Å². The molecular formula is C18H26N4O2S. The van der Waals surface area contributed by atoms with Gasteiger partial charge in [-0.2, -0.15) is 0 Å². The summed E-state index contributed by atoms with van der Waals surface area (Å²) in [4.78, 5) is 10.4. The van der Waals surface area contributed by atoms with E-state index in [1.807, 2.05) is 18.3 Å². The van der Waals surface area contributed by atoms with E-state index in [2.05, 4.69) is 27.5 Å². The van der Waals surface area contributed by atoms with Crippen molar-refractivity contribution in [1.29, 1.82) is 0 Å². The van der Waals surface area contributed by atoms with Crippen molar-refractivity contribution in [2.24, 2.45) is 4.99 Å². The first-order chi connectivity index (χ1) is 12.3.